The highest BCUT2D eigenvalue weighted by Crippen LogP contribution is 2.28. The van der Waals surface area contributed by atoms with E-state index in [1.165, 1.54) is 18.2 Å². The fourth-order valence-electron chi connectivity index (χ4n) is 3.39. The van der Waals surface area contributed by atoms with Gasteiger partial charge in [0.15, 0.2) is 5.78 Å². The molecule has 3 aromatic rings. The zero-order valence-corrected chi connectivity index (χ0v) is 15.7. The van der Waals surface area contributed by atoms with Gasteiger partial charge in [-0.2, -0.15) is 0 Å². The van der Waals surface area contributed by atoms with Crippen LogP contribution < -0.4 is 0 Å². The SMILES string of the molecule is O=C(Cc1cn2cc(C3CCOCC3)nc2cc1Cl)c1cccc(C(F)F)n1. The number of rotatable bonds is 5. The Morgan fingerprint density at radius 2 is 2.04 bits per heavy atom. The van der Waals surface area contributed by atoms with Gasteiger partial charge in [0, 0.05) is 49.0 Å². The van der Waals surface area contributed by atoms with Gasteiger partial charge in [0.25, 0.3) is 6.43 Å². The number of fused-ring (bicyclic) bond motifs is 1. The second-order valence-corrected chi connectivity index (χ2v) is 7.22. The molecule has 0 atom stereocenters. The van der Waals surface area contributed by atoms with Crippen LogP contribution in [0.1, 0.15) is 52.6 Å². The summed E-state index contributed by atoms with van der Waals surface area (Å²) in [6.07, 6.45) is 2.82. The molecule has 28 heavy (non-hydrogen) atoms. The largest absolute Gasteiger partial charge is 0.381 e. The second kappa shape index (κ2) is 7.93. The van der Waals surface area contributed by atoms with Crippen LogP contribution in [0.3, 0.4) is 0 Å². The van der Waals surface area contributed by atoms with Crippen LogP contribution in [0.2, 0.25) is 5.02 Å². The number of hydrogen-bond acceptors (Lipinski definition) is 4. The first-order chi connectivity index (χ1) is 13.5. The van der Waals surface area contributed by atoms with Crippen molar-refractivity contribution >= 4 is 23.0 Å². The molecular formula is C20H18ClF2N3O2. The number of imidazole rings is 1. The molecule has 146 valence electrons. The van der Waals surface area contributed by atoms with E-state index in [-0.39, 0.29) is 17.9 Å². The summed E-state index contributed by atoms with van der Waals surface area (Å²) in [5, 5.41) is 0.412. The van der Waals surface area contributed by atoms with E-state index >= 15 is 0 Å². The topological polar surface area (TPSA) is 56.5 Å². The molecule has 5 nitrogen and oxygen atoms in total. The lowest BCUT2D eigenvalue weighted by Crippen LogP contribution is -2.14. The molecule has 1 fully saturated rings. The Hall–Kier alpha value is -2.38. The Morgan fingerprint density at radius 3 is 2.79 bits per heavy atom. The van der Waals surface area contributed by atoms with Crippen LogP contribution in [0, 0.1) is 0 Å². The molecule has 0 bridgehead atoms. The maximum atomic E-state index is 12.8. The van der Waals surface area contributed by atoms with Gasteiger partial charge >= 0.3 is 0 Å². The number of aromatic nitrogens is 3. The first-order valence-corrected chi connectivity index (χ1v) is 9.42. The lowest BCUT2D eigenvalue weighted by molar-refractivity contribution is 0.0846. The molecule has 0 spiro atoms. The molecule has 0 radical (unpaired) electrons. The molecule has 3 aromatic heterocycles. The summed E-state index contributed by atoms with van der Waals surface area (Å²) in [4.78, 5) is 20.9. The Balaban J connectivity index is 1.59. The lowest BCUT2D eigenvalue weighted by atomic mass is 9.97. The predicted octanol–water partition coefficient (Wildman–Crippen LogP) is 4.64. The van der Waals surface area contributed by atoms with Crippen molar-refractivity contribution in [2.75, 3.05) is 13.2 Å². The predicted molar refractivity (Wildman–Crippen MR) is 100 cm³/mol. The fourth-order valence-corrected chi connectivity index (χ4v) is 3.60. The number of carbonyl (C=O) groups is 1. The summed E-state index contributed by atoms with van der Waals surface area (Å²) in [5.74, 6) is -0.0210. The highest BCUT2D eigenvalue weighted by atomic mass is 35.5. The van der Waals surface area contributed by atoms with Gasteiger partial charge in [-0.15, -0.1) is 0 Å². The highest BCUT2D eigenvalue weighted by Gasteiger charge is 2.20. The van der Waals surface area contributed by atoms with Crippen LogP contribution in [0.15, 0.2) is 36.7 Å². The first kappa shape index (κ1) is 19.0. The maximum Gasteiger partial charge on any atom is 0.280 e. The Labute approximate surface area is 165 Å². The van der Waals surface area contributed by atoms with Crippen molar-refractivity contribution in [1.82, 2.24) is 14.4 Å². The van der Waals surface area contributed by atoms with Crippen LogP contribution in [-0.2, 0) is 11.2 Å². The normalized spacial score (nSPS) is 15.4. The number of Topliss-reactive ketones (excluding diaryl/α,β-unsaturated/α-hetero) is 1. The van der Waals surface area contributed by atoms with E-state index in [9.17, 15) is 13.6 Å². The number of halogens is 3. The first-order valence-electron chi connectivity index (χ1n) is 9.04. The average molecular weight is 406 g/mol. The van der Waals surface area contributed by atoms with Crippen LogP contribution in [0.5, 0.6) is 0 Å². The summed E-state index contributed by atoms with van der Waals surface area (Å²) < 4.78 is 32.9. The quantitative estimate of drug-likeness (QED) is 0.580. The van der Waals surface area contributed by atoms with Gasteiger partial charge in [0.1, 0.15) is 17.0 Å². The highest BCUT2D eigenvalue weighted by molar-refractivity contribution is 6.31. The van der Waals surface area contributed by atoms with Crippen LogP contribution in [0.4, 0.5) is 8.78 Å². The van der Waals surface area contributed by atoms with Gasteiger partial charge in [-0.3, -0.25) is 4.79 Å². The third kappa shape index (κ3) is 3.91. The van der Waals surface area contributed by atoms with Crippen molar-refractivity contribution in [3.05, 3.63) is 64.3 Å². The molecule has 0 saturated carbocycles. The van der Waals surface area contributed by atoms with Crippen molar-refractivity contribution < 1.29 is 18.3 Å². The molecule has 8 heteroatoms. The summed E-state index contributed by atoms with van der Waals surface area (Å²) in [6.45, 7) is 1.45. The summed E-state index contributed by atoms with van der Waals surface area (Å²) >= 11 is 6.35. The number of carbonyl (C=O) groups excluding carboxylic acids is 1. The number of nitrogens with zero attached hydrogens (tertiary/aromatic N) is 3. The van der Waals surface area contributed by atoms with Gasteiger partial charge in [-0.05, 0) is 30.5 Å². The number of hydrogen-bond donors (Lipinski definition) is 0. The Kier molecular flexibility index (Phi) is 5.37. The number of alkyl halides is 2. The molecule has 0 aliphatic carbocycles. The van der Waals surface area contributed by atoms with Crippen LogP contribution in [0.25, 0.3) is 5.65 Å². The molecular weight excluding hydrogens is 388 g/mol. The lowest BCUT2D eigenvalue weighted by Gasteiger charge is -2.19. The van der Waals surface area contributed by atoms with E-state index in [0.29, 0.717) is 22.2 Å². The number of ketones is 1. The molecule has 4 heterocycles. The molecule has 0 unspecified atom stereocenters. The van der Waals surface area contributed by atoms with Crippen LogP contribution >= 0.6 is 11.6 Å². The third-order valence-electron chi connectivity index (χ3n) is 4.91. The Morgan fingerprint density at radius 1 is 1.25 bits per heavy atom. The molecule has 0 aromatic carbocycles. The zero-order valence-electron chi connectivity index (χ0n) is 14.9. The van der Waals surface area contributed by atoms with Gasteiger partial charge in [0.05, 0.1) is 5.69 Å². The van der Waals surface area contributed by atoms with Crippen molar-refractivity contribution in [2.45, 2.75) is 31.6 Å². The zero-order chi connectivity index (χ0) is 19.7. The minimum absolute atomic E-state index is 0.00230. The Bertz CT molecular complexity index is 1020. The summed E-state index contributed by atoms with van der Waals surface area (Å²) in [5.41, 5.74) is 1.87. The molecule has 1 aliphatic rings. The minimum Gasteiger partial charge on any atom is -0.381 e. The molecule has 0 amide bonds. The molecule has 1 saturated heterocycles. The van der Waals surface area contributed by atoms with E-state index in [1.807, 2.05) is 10.6 Å². The van der Waals surface area contributed by atoms with Crippen molar-refractivity contribution in [1.29, 1.82) is 0 Å². The number of ether oxygens (including phenoxy) is 1. The van der Waals surface area contributed by atoms with Crippen molar-refractivity contribution in [3.8, 4) is 0 Å². The second-order valence-electron chi connectivity index (χ2n) is 6.81. The van der Waals surface area contributed by atoms with Crippen LogP contribution in [-0.4, -0.2) is 33.4 Å². The molecule has 4 rings (SSSR count). The standard InChI is InChI=1S/C20H18ClF2N3O2/c21-14-9-19-25-17(12-4-6-28-7-5-12)11-26(19)10-13(14)8-18(27)15-2-1-3-16(24-15)20(22)23/h1-3,9-12,20H,4-8H2. The molecule has 1 aliphatic heterocycles. The summed E-state index contributed by atoms with van der Waals surface area (Å²) in [6, 6.07) is 5.75. The maximum absolute atomic E-state index is 12.8. The third-order valence-corrected chi connectivity index (χ3v) is 5.26. The van der Waals surface area contributed by atoms with Gasteiger partial charge < -0.3 is 9.14 Å². The van der Waals surface area contributed by atoms with E-state index in [4.69, 9.17) is 16.3 Å². The van der Waals surface area contributed by atoms with Gasteiger partial charge in [-0.1, -0.05) is 17.7 Å². The molecule has 0 N–H and O–H groups in total. The van der Waals surface area contributed by atoms with Gasteiger partial charge in [0.2, 0.25) is 0 Å². The van der Waals surface area contributed by atoms with Gasteiger partial charge in [-0.25, -0.2) is 18.7 Å². The van der Waals surface area contributed by atoms with Crippen molar-refractivity contribution in [2.24, 2.45) is 0 Å². The fraction of sp³-hybridized carbons (Fsp3) is 0.350. The number of pyridine rings is 2. The smallest absolute Gasteiger partial charge is 0.280 e. The summed E-state index contributed by atoms with van der Waals surface area (Å²) in [7, 11) is 0. The van der Waals surface area contributed by atoms with E-state index < -0.39 is 12.1 Å². The van der Waals surface area contributed by atoms with E-state index in [2.05, 4.69) is 9.97 Å². The van der Waals surface area contributed by atoms with E-state index in [0.717, 1.165) is 31.7 Å². The monoisotopic (exact) mass is 405 g/mol. The van der Waals surface area contributed by atoms with Crippen molar-refractivity contribution in [3.63, 3.8) is 0 Å². The minimum atomic E-state index is -2.72. The van der Waals surface area contributed by atoms with E-state index in [1.54, 1.807) is 12.3 Å². The average Bonchev–Trinajstić information content (AvgIpc) is 3.11.